The number of anilines is 1. The molecule has 0 saturated carbocycles. The van der Waals surface area contributed by atoms with Gasteiger partial charge in [0.15, 0.2) is 5.82 Å². The molecule has 30 heavy (non-hydrogen) atoms. The summed E-state index contributed by atoms with van der Waals surface area (Å²) in [7, 11) is 1.66. The predicted molar refractivity (Wildman–Crippen MR) is 116 cm³/mol. The molecule has 1 aliphatic carbocycles. The largest absolute Gasteiger partial charge is 0.383 e. The van der Waals surface area contributed by atoms with E-state index in [1.807, 2.05) is 24.3 Å². The van der Waals surface area contributed by atoms with E-state index < -0.39 is 0 Å². The second kappa shape index (κ2) is 8.14. The van der Waals surface area contributed by atoms with Gasteiger partial charge >= 0.3 is 0 Å². The number of para-hydroxylation sites is 1. The van der Waals surface area contributed by atoms with Crippen LogP contribution in [0.1, 0.15) is 48.8 Å². The van der Waals surface area contributed by atoms with Crippen LogP contribution in [-0.4, -0.2) is 40.0 Å². The van der Waals surface area contributed by atoms with E-state index in [-0.39, 0.29) is 11.6 Å². The third-order valence-corrected chi connectivity index (χ3v) is 6.31. The van der Waals surface area contributed by atoms with Crippen molar-refractivity contribution in [2.24, 2.45) is 0 Å². The van der Waals surface area contributed by atoms with Gasteiger partial charge in [-0.05, 0) is 62.3 Å². The highest BCUT2D eigenvalue weighted by molar-refractivity contribution is 5.77. The normalized spacial score (nSPS) is 18.7. The third-order valence-electron chi connectivity index (χ3n) is 6.31. The van der Waals surface area contributed by atoms with Gasteiger partial charge < -0.3 is 9.64 Å². The van der Waals surface area contributed by atoms with Crippen LogP contribution in [0.15, 0.2) is 35.1 Å². The summed E-state index contributed by atoms with van der Waals surface area (Å²) >= 11 is 0. The molecule has 1 saturated heterocycles. The van der Waals surface area contributed by atoms with Crippen molar-refractivity contribution < 1.29 is 4.74 Å². The van der Waals surface area contributed by atoms with Crippen LogP contribution >= 0.6 is 0 Å². The van der Waals surface area contributed by atoms with Crippen LogP contribution in [0.2, 0.25) is 0 Å². The van der Waals surface area contributed by atoms with E-state index in [0.29, 0.717) is 18.5 Å². The van der Waals surface area contributed by atoms with Gasteiger partial charge in [0, 0.05) is 13.7 Å². The van der Waals surface area contributed by atoms with E-state index in [0.717, 1.165) is 55.1 Å². The van der Waals surface area contributed by atoms with Crippen LogP contribution in [0, 0.1) is 0 Å². The van der Waals surface area contributed by atoms with Crippen molar-refractivity contribution >= 4 is 16.7 Å². The molecule has 7 nitrogen and oxygen atoms in total. The molecule has 1 fully saturated rings. The molecule has 5 rings (SSSR count). The standard InChI is InChI=1S/C23H27N5O2/c1-30-14-13-28-22(24-19-10-5-3-8-17(19)23(28)29)20-11-6-12-27(20)21-15-16-7-2-4-9-18(16)25-26-21/h3,5,8,10,15,20H,2,4,6-7,9,11-14H2,1H3. The Labute approximate surface area is 175 Å². The minimum atomic E-state index is -0.00368. The molecule has 3 heterocycles. The van der Waals surface area contributed by atoms with Crippen LogP contribution in [0.3, 0.4) is 0 Å². The topological polar surface area (TPSA) is 73.1 Å². The summed E-state index contributed by atoms with van der Waals surface area (Å²) < 4.78 is 7.07. The first kappa shape index (κ1) is 19.2. The molecule has 1 aromatic carbocycles. The van der Waals surface area contributed by atoms with Crippen molar-refractivity contribution in [3.05, 3.63) is 57.8 Å². The summed E-state index contributed by atoms with van der Waals surface area (Å²) in [6.45, 7) is 1.85. The first-order valence-electron chi connectivity index (χ1n) is 10.9. The van der Waals surface area contributed by atoms with E-state index in [1.54, 1.807) is 11.7 Å². The summed E-state index contributed by atoms with van der Waals surface area (Å²) in [5.74, 6) is 1.70. The first-order chi connectivity index (χ1) is 14.8. The van der Waals surface area contributed by atoms with Crippen molar-refractivity contribution in [1.82, 2.24) is 19.7 Å². The van der Waals surface area contributed by atoms with Gasteiger partial charge in [-0.1, -0.05) is 12.1 Å². The number of aryl methyl sites for hydroxylation is 2. The number of nitrogens with zero attached hydrogens (tertiary/aromatic N) is 5. The maximum absolute atomic E-state index is 13.3. The predicted octanol–water partition coefficient (Wildman–Crippen LogP) is 3.05. The van der Waals surface area contributed by atoms with Gasteiger partial charge in [0.1, 0.15) is 5.82 Å². The van der Waals surface area contributed by atoms with Gasteiger partial charge in [-0.25, -0.2) is 4.98 Å². The molecular weight excluding hydrogens is 378 g/mol. The molecule has 0 spiro atoms. The third kappa shape index (κ3) is 3.37. The highest BCUT2D eigenvalue weighted by Crippen LogP contribution is 2.35. The van der Waals surface area contributed by atoms with Gasteiger partial charge in [0.2, 0.25) is 0 Å². The van der Waals surface area contributed by atoms with E-state index in [4.69, 9.17) is 9.72 Å². The lowest BCUT2D eigenvalue weighted by Crippen LogP contribution is -2.33. The van der Waals surface area contributed by atoms with E-state index >= 15 is 0 Å². The van der Waals surface area contributed by atoms with E-state index in [9.17, 15) is 4.79 Å². The Balaban J connectivity index is 1.59. The fourth-order valence-corrected chi connectivity index (χ4v) is 4.77. The summed E-state index contributed by atoms with van der Waals surface area (Å²) in [6, 6.07) is 9.79. The minimum absolute atomic E-state index is 0.00368. The molecule has 2 aliphatic rings. The van der Waals surface area contributed by atoms with Gasteiger partial charge in [-0.2, -0.15) is 5.10 Å². The minimum Gasteiger partial charge on any atom is -0.383 e. The Morgan fingerprint density at radius 1 is 1.13 bits per heavy atom. The summed E-state index contributed by atoms with van der Waals surface area (Å²) in [6.07, 6.45) is 6.48. The Kier molecular flexibility index (Phi) is 5.21. The first-order valence-corrected chi connectivity index (χ1v) is 10.9. The Hall–Kier alpha value is -2.80. The summed E-state index contributed by atoms with van der Waals surface area (Å²) in [5.41, 5.74) is 3.20. The zero-order chi connectivity index (χ0) is 20.5. The van der Waals surface area contributed by atoms with Crippen LogP contribution in [0.25, 0.3) is 10.9 Å². The summed E-state index contributed by atoms with van der Waals surface area (Å²) in [5, 5.41) is 9.74. The summed E-state index contributed by atoms with van der Waals surface area (Å²) in [4.78, 5) is 20.5. The molecule has 1 atom stereocenters. The Morgan fingerprint density at radius 3 is 2.90 bits per heavy atom. The lowest BCUT2D eigenvalue weighted by Gasteiger charge is -2.28. The Morgan fingerprint density at radius 2 is 2.00 bits per heavy atom. The second-order valence-electron chi connectivity index (χ2n) is 8.17. The molecule has 0 radical (unpaired) electrons. The van der Waals surface area contributed by atoms with Crippen molar-refractivity contribution in [3.63, 3.8) is 0 Å². The average Bonchev–Trinajstić information content (AvgIpc) is 3.28. The zero-order valence-electron chi connectivity index (χ0n) is 17.4. The fourth-order valence-electron chi connectivity index (χ4n) is 4.77. The van der Waals surface area contributed by atoms with Crippen molar-refractivity contribution in [1.29, 1.82) is 0 Å². The highest BCUT2D eigenvalue weighted by atomic mass is 16.5. The number of ether oxygens (including phenoxy) is 1. The van der Waals surface area contributed by atoms with Crippen LogP contribution in [0.4, 0.5) is 5.82 Å². The van der Waals surface area contributed by atoms with Gasteiger partial charge in [-0.15, -0.1) is 5.10 Å². The number of hydrogen-bond acceptors (Lipinski definition) is 6. The number of benzene rings is 1. The number of aromatic nitrogens is 4. The SMILES string of the molecule is COCCn1c(C2CCCN2c2cc3c(nn2)CCCC3)nc2ccccc2c1=O. The molecule has 0 bridgehead atoms. The Bertz CT molecular complexity index is 1130. The smallest absolute Gasteiger partial charge is 0.261 e. The molecule has 0 N–H and O–H groups in total. The molecule has 156 valence electrons. The lowest BCUT2D eigenvalue weighted by molar-refractivity contribution is 0.184. The molecule has 2 aromatic heterocycles. The van der Waals surface area contributed by atoms with Crippen LogP contribution in [-0.2, 0) is 24.1 Å². The maximum atomic E-state index is 13.3. The molecule has 3 aromatic rings. The van der Waals surface area contributed by atoms with Crippen LogP contribution in [0.5, 0.6) is 0 Å². The lowest BCUT2D eigenvalue weighted by atomic mass is 9.97. The van der Waals surface area contributed by atoms with E-state index in [2.05, 4.69) is 21.2 Å². The molecule has 0 amide bonds. The molecule has 7 heteroatoms. The number of hydrogen-bond donors (Lipinski definition) is 0. The fraction of sp³-hybridized carbons (Fsp3) is 0.478. The van der Waals surface area contributed by atoms with Crippen molar-refractivity contribution in [2.45, 2.75) is 51.1 Å². The van der Waals surface area contributed by atoms with Gasteiger partial charge in [0.25, 0.3) is 5.56 Å². The van der Waals surface area contributed by atoms with Crippen molar-refractivity contribution in [2.75, 3.05) is 25.2 Å². The molecular formula is C23H27N5O2. The second-order valence-corrected chi connectivity index (χ2v) is 8.17. The van der Waals surface area contributed by atoms with Gasteiger partial charge in [-0.3, -0.25) is 9.36 Å². The monoisotopic (exact) mass is 405 g/mol. The number of methoxy groups -OCH3 is 1. The van der Waals surface area contributed by atoms with E-state index in [1.165, 1.54) is 18.4 Å². The molecule has 1 aliphatic heterocycles. The van der Waals surface area contributed by atoms with Gasteiger partial charge in [0.05, 0.1) is 35.8 Å². The quantitative estimate of drug-likeness (QED) is 0.650. The van der Waals surface area contributed by atoms with Crippen LogP contribution < -0.4 is 10.5 Å². The molecule has 1 unspecified atom stereocenters. The number of fused-ring (bicyclic) bond motifs is 2. The zero-order valence-corrected chi connectivity index (χ0v) is 17.4. The maximum Gasteiger partial charge on any atom is 0.261 e. The number of rotatable bonds is 5. The van der Waals surface area contributed by atoms with Crippen molar-refractivity contribution in [3.8, 4) is 0 Å². The highest BCUT2D eigenvalue weighted by Gasteiger charge is 2.32. The average molecular weight is 406 g/mol.